The summed E-state index contributed by atoms with van der Waals surface area (Å²) < 4.78 is 7.52. The van der Waals surface area contributed by atoms with Gasteiger partial charge >= 0.3 is 5.69 Å². The van der Waals surface area contributed by atoms with Gasteiger partial charge in [-0.15, -0.1) is 0 Å². The van der Waals surface area contributed by atoms with Crippen molar-refractivity contribution in [2.75, 3.05) is 12.4 Å². The lowest BCUT2D eigenvalue weighted by atomic mass is 10.0. The topological polar surface area (TPSA) is 95.2 Å². The Morgan fingerprint density at radius 2 is 1.90 bits per heavy atom. The molecule has 0 saturated heterocycles. The molecule has 0 unspecified atom stereocenters. The molecule has 9 heteroatoms. The Hall–Kier alpha value is -3.13. The van der Waals surface area contributed by atoms with Crippen molar-refractivity contribution in [2.45, 2.75) is 19.8 Å². The molecule has 0 atom stereocenters. The largest absolute Gasteiger partial charge is 0.496 e. The van der Waals surface area contributed by atoms with Crippen molar-refractivity contribution < 1.29 is 9.53 Å². The van der Waals surface area contributed by atoms with Crippen LogP contribution < -0.4 is 21.3 Å². The Bertz CT molecular complexity index is 1240. The lowest BCUT2D eigenvalue weighted by molar-refractivity contribution is 0.102. The van der Waals surface area contributed by atoms with E-state index in [1.165, 1.54) is 31.8 Å². The molecule has 0 fully saturated rings. The molecule has 3 rings (SSSR count). The lowest BCUT2D eigenvalue weighted by Crippen LogP contribution is -2.38. The normalized spacial score (nSPS) is 11.1. The summed E-state index contributed by atoms with van der Waals surface area (Å²) in [5.74, 6) is -0.184. The average molecular weight is 417 g/mol. The third kappa shape index (κ3) is 3.51. The highest BCUT2D eigenvalue weighted by Gasteiger charge is 2.22. The number of carbonyl (C=O) groups is 1. The fourth-order valence-electron chi connectivity index (χ4n) is 3.15. The number of nitrogens with zero attached hydrogens (tertiary/aromatic N) is 3. The van der Waals surface area contributed by atoms with Gasteiger partial charge in [0.05, 0.1) is 18.4 Å². The Labute approximate surface area is 171 Å². The molecule has 0 saturated carbocycles. The number of carbonyl (C=O) groups excluding carboxylic acids is 1. The van der Waals surface area contributed by atoms with Gasteiger partial charge in [-0.25, -0.2) is 9.78 Å². The molecule has 29 heavy (non-hydrogen) atoms. The van der Waals surface area contributed by atoms with Crippen LogP contribution >= 0.6 is 11.6 Å². The Morgan fingerprint density at radius 3 is 2.52 bits per heavy atom. The van der Waals surface area contributed by atoms with Crippen LogP contribution in [0.3, 0.4) is 0 Å². The van der Waals surface area contributed by atoms with Gasteiger partial charge in [0.25, 0.3) is 11.5 Å². The molecule has 1 aromatic carbocycles. The van der Waals surface area contributed by atoms with Gasteiger partial charge in [-0.05, 0) is 29.7 Å². The second-order valence-electron chi connectivity index (χ2n) is 6.95. The van der Waals surface area contributed by atoms with Gasteiger partial charge in [0.15, 0.2) is 5.65 Å². The van der Waals surface area contributed by atoms with Gasteiger partial charge in [0.2, 0.25) is 0 Å². The fraction of sp³-hybridized carbons (Fsp3) is 0.300. The van der Waals surface area contributed by atoms with E-state index in [2.05, 4.69) is 10.3 Å². The van der Waals surface area contributed by atoms with E-state index in [1.807, 2.05) is 13.8 Å². The number of aryl methyl sites for hydroxylation is 1. The van der Waals surface area contributed by atoms with Crippen molar-refractivity contribution in [1.29, 1.82) is 0 Å². The minimum atomic E-state index is -0.536. The van der Waals surface area contributed by atoms with Crippen molar-refractivity contribution in [3.8, 4) is 5.75 Å². The highest BCUT2D eigenvalue weighted by atomic mass is 35.5. The van der Waals surface area contributed by atoms with Crippen molar-refractivity contribution >= 4 is 34.2 Å². The summed E-state index contributed by atoms with van der Waals surface area (Å²) in [5.41, 5.74) is 0.362. The molecule has 8 nitrogen and oxygen atoms in total. The number of amides is 1. The Morgan fingerprint density at radius 1 is 1.21 bits per heavy atom. The molecule has 1 N–H and O–H groups in total. The number of aromatic nitrogens is 3. The number of rotatable bonds is 4. The predicted octanol–water partition coefficient (Wildman–Crippen LogP) is 2.67. The zero-order valence-electron chi connectivity index (χ0n) is 16.7. The van der Waals surface area contributed by atoms with Gasteiger partial charge in [0.1, 0.15) is 11.1 Å². The molecule has 0 bridgehead atoms. The monoisotopic (exact) mass is 416 g/mol. The lowest BCUT2D eigenvalue weighted by Gasteiger charge is -2.18. The fourth-order valence-corrected chi connectivity index (χ4v) is 3.33. The van der Waals surface area contributed by atoms with Crippen LogP contribution in [0, 0.1) is 0 Å². The first-order valence-electron chi connectivity index (χ1n) is 8.90. The van der Waals surface area contributed by atoms with Crippen LogP contribution in [0.15, 0.2) is 34.0 Å². The van der Waals surface area contributed by atoms with E-state index in [4.69, 9.17) is 16.3 Å². The number of hydrogen-bond donors (Lipinski definition) is 1. The van der Waals surface area contributed by atoms with E-state index in [0.29, 0.717) is 22.0 Å². The molecule has 3 aromatic rings. The molecule has 152 valence electrons. The Balaban J connectivity index is 2.30. The molecule has 0 spiro atoms. The quantitative estimate of drug-likeness (QED) is 0.705. The van der Waals surface area contributed by atoms with Crippen molar-refractivity contribution in [1.82, 2.24) is 14.1 Å². The van der Waals surface area contributed by atoms with Crippen molar-refractivity contribution in [3.63, 3.8) is 0 Å². The first kappa shape index (κ1) is 20.6. The molecule has 1 amide bonds. The summed E-state index contributed by atoms with van der Waals surface area (Å²) in [6.07, 6.45) is 1.57. The van der Waals surface area contributed by atoms with Gasteiger partial charge in [-0.1, -0.05) is 25.4 Å². The highest BCUT2D eigenvalue weighted by Crippen LogP contribution is 2.30. The second kappa shape index (κ2) is 7.71. The van der Waals surface area contributed by atoms with Gasteiger partial charge in [-0.3, -0.25) is 18.7 Å². The van der Waals surface area contributed by atoms with E-state index < -0.39 is 17.2 Å². The summed E-state index contributed by atoms with van der Waals surface area (Å²) in [6.45, 7) is 3.84. The molecular weight excluding hydrogens is 396 g/mol. The van der Waals surface area contributed by atoms with Gasteiger partial charge < -0.3 is 10.1 Å². The second-order valence-corrected chi connectivity index (χ2v) is 7.38. The molecule has 0 aliphatic rings. The maximum absolute atomic E-state index is 13.1. The van der Waals surface area contributed by atoms with Crippen molar-refractivity contribution in [2.24, 2.45) is 14.1 Å². The third-order valence-corrected chi connectivity index (χ3v) is 5.00. The summed E-state index contributed by atoms with van der Waals surface area (Å²) in [7, 11) is 4.36. The molecule has 0 aliphatic carbocycles. The van der Waals surface area contributed by atoms with Gasteiger partial charge in [0, 0.05) is 25.3 Å². The number of hydrogen-bond acceptors (Lipinski definition) is 5. The molecule has 2 aromatic heterocycles. The number of halogens is 1. The smallest absolute Gasteiger partial charge is 0.332 e. The van der Waals surface area contributed by atoms with Crippen LogP contribution in [0.1, 0.15) is 35.7 Å². The van der Waals surface area contributed by atoms with E-state index in [9.17, 15) is 14.4 Å². The highest BCUT2D eigenvalue weighted by molar-refractivity contribution is 6.31. The SMILES string of the molecule is COc1ccc(Cl)cc1C(=O)Nc1c(C(C)C)cnc2c1c(=O)n(C)c(=O)n2C. The summed E-state index contributed by atoms with van der Waals surface area (Å²) in [5, 5.41) is 3.36. The third-order valence-electron chi connectivity index (χ3n) is 4.76. The number of methoxy groups -OCH3 is 1. The van der Waals surface area contributed by atoms with Crippen LogP contribution in [0.25, 0.3) is 11.0 Å². The number of fused-ring (bicyclic) bond motifs is 1. The average Bonchev–Trinajstić information content (AvgIpc) is 2.69. The minimum absolute atomic E-state index is 0.0367. The summed E-state index contributed by atoms with van der Waals surface area (Å²) >= 11 is 6.04. The van der Waals surface area contributed by atoms with Crippen LogP contribution in [0.2, 0.25) is 5.02 Å². The zero-order valence-corrected chi connectivity index (χ0v) is 17.5. The predicted molar refractivity (Wildman–Crippen MR) is 112 cm³/mol. The van der Waals surface area contributed by atoms with E-state index in [-0.39, 0.29) is 22.5 Å². The molecular formula is C20H21ClN4O4. The minimum Gasteiger partial charge on any atom is -0.496 e. The summed E-state index contributed by atoms with van der Waals surface area (Å²) in [4.78, 5) is 42.5. The van der Waals surface area contributed by atoms with Crippen molar-refractivity contribution in [3.05, 3.63) is 61.4 Å². The number of anilines is 1. The standard InChI is InChI=1S/C20H21ClN4O4/c1-10(2)13-9-22-17-15(19(27)25(4)20(28)24(17)3)16(13)23-18(26)12-8-11(21)6-7-14(12)29-5/h6-10H,1-5H3,(H,22,23,26). The first-order chi connectivity index (χ1) is 13.7. The van der Waals surface area contributed by atoms with Crippen LogP contribution in [-0.4, -0.2) is 27.1 Å². The van der Waals surface area contributed by atoms with E-state index >= 15 is 0 Å². The number of pyridine rings is 1. The molecule has 0 aliphatic heterocycles. The van der Waals surface area contributed by atoms with Crippen LogP contribution in [0.4, 0.5) is 5.69 Å². The van der Waals surface area contributed by atoms with E-state index in [1.54, 1.807) is 18.3 Å². The molecule has 0 radical (unpaired) electrons. The Kier molecular flexibility index (Phi) is 5.48. The van der Waals surface area contributed by atoms with E-state index in [0.717, 1.165) is 4.57 Å². The molecule has 2 heterocycles. The van der Waals surface area contributed by atoms with Crippen LogP contribution in [0.5, 0.6) is 5.75 Å². The maximum atomic E-state index is 13.1. The number of nitrogens with one attached hydrogen (secondary N) is 1. The number of ether oxygens (including phenoxy) is 1. The zero-order chi connectivity index (χ0) is 21.5. The van der Waals surface area contributed by atoms with Gasteiger partial charge in [-0.2, -0.15) is 0 Å². The maximum Gasteiger partial charge on any atom is 0.332 e. The number of benzene rings is 1. The summed E-state index contributed by atoms with van der Waals surface area (Å²) in [6, 6.07) is 4.69. The van der Waals surface area contributed by atoms with Crippen LogP contribution in [-0.2, 0) is 14.1 Å². The first-order valence-corrected chi connectivity index (χ1v) is 9.28.